The van der Waals surface area contributed by atoms with E-state index in [-0.39, 0.29) is 0 Å². The molecule has 0 spiro atoms. The fourth-order valence-corrected chi connectivity index (χ4v) is 5.21. The van der Waals surface area contributed by atoms with Crippen LogP contribution in [-0.2, 0) is 13.0 Å². The Labute approximate surface area is 203 Å². The third-order valence-electron chi connectivity index (χ3n) is 5.25. The molecule has 3 aromatic carbocycles. The first-order valence-electron chi connectivity index (χ1n) is 9.98. The minimum absolute atomic E-state index is 0.429. The summed E-state index contributed by atoms with van der Waals surface area (Å²) in [7, 11) is 1.69. The third kappa shape index (κ3) is 4.18. The average Bonchev–Trinajstić information content (AvgIpc) is 3.37. The van der Waals surface area contributed by atoms with E-state index in [9.17, 15) is 0 Å². The maximum Gasteiger partial charge on any atom is 0.209 e. The van der Waals surface area contributed by atoms with Crippen molar-refractivity contribution in [2.75, 3.05) is 7.11 Å². The van der Waals surface area contributed by atoms with Gasteiger partial charge in [-0.15, -0.1) is 0 Å². The Balaban J connectivity index is 1.29. The molecule has 0 N–H and O–H groups in total. The molecular weight excluding hydrogens is 508 g/mol. The van der Waals surface area contributed by atoms with Crippen LogP contribution in [0.25, 0.3) is 11.3 Å². The highest BCUT2D eigenvalue weighted by atomic mass is 79.9. The van der Waals surface area contributed by atoms with Crippen molar-refractivity contribution in [3.8, 4) is 22.8 Å². The summed E-state index contributed by atoms with van der Waals surface area (Å²) in [5, 5.41) is 1.45. The molecule has 0 aliphatic heterocycles. The maximum atomic E-state index is 6.18. The molecule has 1 aromatic heterocycles. The molecule has 1 aliphatic carbocycles. The lowest BCUT2D eigenvalue weighted by Crippen LogP contribution is -1.96. The summed E-state index contributed by atoms with van der Waals surface area (Å²) in [6, 6.07) is 19.5. The highest BCUT2D eigenvalue weighted by Gasteiger charge is 2.28. The topological polar surface area (TPSA) is 43.7 Å². The minimum atomic E-state index is 0.429. The van der Waals surface area contributed by atoms with E-state index in [1.807, 2.05) is 66.9 Å². The number of thiazole rings is 1. The Kier molecular flexibility index (Phi) is 6.00. The zero-order valence-corrected chi connectivity index (χ0v) is 20.3. The summed E-state index contributed by atoms with van der Waals surface area (Å²) in [4.78, 5) is 10.6. The monoisotopic (exact) mass is 524 g/mol. The van der Waals surface area contributed by atoms with Gasteiger partial charge in [-0.3, -0.25) is 0 Å². The number of benzene rings is 3. The number of ether oxygens (including phenoxy) is 2. The molecule has 0 saturated heterocycles. The van der Waals surface area contributed by atoms with Gasteiger partial charge in [-0.25, -0.2) is 9.98 Å². The Morgan fingerprint density at radius 1 is 1.12 bits per heavy atom. The molecule has 1 aliphatic rings. The summed E-state index contributed by atoms with van der Waals surface area (Å²) in [5.41, 5.74) is 5.20. The van der Waals surface area contributed by atoms with Crippen LogP contribution in [0.3, 0.4) is 0 Å². The number of hydrogen-bond acceptors (Lipinski definition) is 5. The van der Waals surface area contributed by atoms with E-state index >= 15 is 0 Å². The zero-order chi connectivity index (χ0) is 22.1. The summed E-state index contributed by atoms with van der Waals surface area (Å²) in [6.07, 6.45) is 2.66. The van der Waals surface area contributed by atoms with Crippen molar-refractivity contribution in [2.24, 2.45) is 4.99 Å². The first kappa shape index (κ1) is 21.2. The molecule has 1 heterocycles. The number of aliphatic imine (C=N–C) groups is 1. The number of fused-ring (bicyclic) bond motifs is 3. The third-order valence-corrected chi connectivity index (χ3v) is 7.33. The van der Waals surface area contributed by atoms with Crippen LogP contribution >= 0.6 is 38.9 Å². The van der Waals surface area contributed by atoms with Gasteiger partial charge < -0.3 is 9.47 Å². The first-order valence-corrected chi connectivity index (χ1v) is 12.0. The molecule has 0 amide bonds. The predicted molar refractivity (Wildman–Crippen MR) is 134 cm³/mol. The van der Waals surface area contributed by atoms with E-state index in [1.54, 1.807) is 18.4 Å². The van der Waals surface area contributed by atoms with Crippen LogP contribution in [0.4, 0.5) is 5.13 Å². The first-order chi connectivity index (χ1) is 15.6. The largest absolute Gasteiger partial charge is 0.496 e. The van der Waals surface area contributed by atoms with Gasteiger partial charge in [0.2, 0.25) is 5.13 Å². The Hall–Kier alpha value is -2.67. The van der Waals surface area contributed by atoms with Crippen molar-refractivity contribution in [1.82, 2.24) is 4.98 Å². The molecule has 7 heteroatoms. The molecule has 4 aromatic rings. The van der Waals surface area contributed by atoms with Gasteiger partial charge in [0.05, 0.1) is 12.8 Å². The second-order valence-electron chi connectivity index (χ2n) is 7.26. The maximum absolute atomic E-state index is 6.18. The molecule has 0 fully saturated rings. The molecular formula is C25H18BrClN2O2S. The van der Waals surface area contributed by atoms with E-state index in [0.29, 0.717) is 11.6 Å². The van der Waals surface area contributed by atoms with Gasteiger partial charge in [-0.1, -0.05) is 57.1 Å². The Bertz CT molecular complexity index is 1320. The van der Waals surface area contributed by atoms with Gasteiger partial charge >= 0.3 is 0 Å². The van der Waals surface area contributed by atoms with Crippen LogP contribution in [0, 0.1) is 0 Å². The van der Waals surface area contributed by atoms with E-state index < -0.39 is 0 Å². The molecule has 0 saturated carbocycles. The number of methoxy groups -OCH3 is 1. The highest BCUT2D eigenvalue weighted by Crippen LogP contribution is 2.48. The van der Waals surface area contributed by atoms with Gasteiger partial charge in [0.1, 0.15) is 18.1 Å². The summed E-state index contributed by atoms with van der Waals surface area (Å²) in [5.74, 6) is 1.62. The molecule has 0 radical (unpaired) electrons. The quantitative estimate of drug-likeness (QED) is 0.216. The summed E-state index contributed by atoms with van der Waals surface area (Å²) >= 11 is 11.4. The van der Waals surface area contributed by atoms with Crippen LogP contribution < -0.4 is 9.47 Å². The van der Waals surface area contributed by atoms with Crippen LogP contribution in [0.5, 0.6) is 11.5 Å². The normalized spacial score (nSPS) is 12.1. The second kappa shape index (κ2) is 9.06. The standard InChI is InChI=1S/C25H18BrClN2O2S/c1-30-21-11-10-19(26)18-12-22-24(23(18)21)29-25(32-22)28-13-15-6-8-17(9-7-15)31-14-16-4-2-3-5-20(16)27/h2-11,13H,12,14H2,1H3. The van der Waals surface area contributed by atoms with E-state index in [1.165, 1.54) is 10.4 Å². The fourth-order valence-electron chi connectivity index (χ4n) is 3.63. The lowest BCUT2D eigenvalue weighted by atomic mass is 10.1. The Morgan fingerprint density at radius 2 is 1.94 bits per heavy atom. The second-order valence-corrected chi connectivity index (χ2v) is 9.58. The van der Waals surface area contributed by atoms with Crippen molar-refractivity contribution in [2.45, 2.75) is 13.0 Å². The zero-order valence-electron chi connectivity index (χ0n) is 17.1. The number of nitrogens with zero attached hydrogens (tertiary/aromatic N) is 2. The molecule has 4 nitrogen and oxygen atoms in total. The van der Waals surface area contributed by atoms with Crippen LogP contribution in [-0.4, -0.2) is 18.3 Å². The van der Waals surface area contributed by atoms with E-state index in [2.05, 4.69) is 20.9 Å². The molecule has 5 rings (SSSR count). The van der Waals surface area contributed by atoms with Crippen molar-refractivity contribution in [1.29, 1.82) is 0 Å². The molecule has 160 valence electrons. The van der Waals surface area contributed by atoms with Crippen LogP contribution in [0.15, 0.2) is 70.1 Å². The predicted octanol–water partition coefficient (Wildman–Crippen LogP) is 7.47. The van der Waals surface area contributed by atoms with Gasteiger partial charge in [-0.05, 0) is 53.6 Å². The van der Waals surface area contributed by atoms with Gasteiger partial charge in [0.25, 0.3) is 0 Å². The smallest absolute Gasteiger partial charge is 0.209 e. The van der Waals surface area contributed by atoms with Crippen LogP contribution in [0.1, 0.15) is 21.6 Å². The SMILES string of the molecule is COc1ccc(Br)c2c1-c1nc(N=Cc3ccc(OCc4ccccc4Cl)cc3)sc1C2. The van der Waals surface area contributed by atoms with Gasteiger partial charge in [0.15, 0.2) is 0 Å². The van der Waals surface area contributed by atoms with Crippen molar-refractivity contribution < 1.29 is 9.47 Å². The van der Waals surface area contributed by atoms with Crippen molar-refractivity contribution in [3.05, 3.63) is 91.7 Å². The fraction of sp³-hybridized carbons (Fsp3) is 0.120. The van der Waals surface area contributed by atoms with E-state index in [4.69, 9.17) is 26.1 Å². The minimum Gasteiger partial charge on any atom is -0.496 e. The number of halogens is 2. The highest BCUT2D eigenvalue weighted by molar-refractivity contribution is 9.10. The average molecular weight is 526 g/mol. The number of rotatable bonds is 6. The Morgan fingerprint density at radius 3 is 2.72 bits per heavy atom. The lowest BCUT2D eigenvalue weighted by molar-refractivity contribution is 0.306. The van der Waals surface area contributed by atoms with Gasteiger partial charge in [0, 0.05) is 38.1 Å². The van der Waals surface area contributed by atoms with E-state index in [0.717, 1.165) is 49.9 Å². The molecule has 0 unspecified atom stereocenters. The van der Waals surface area contributed by atoms with Crippen LogP contribution in [0.2, 0.25) is 5.02 Å². The molecule has 0 atom stereocenters. The number of aromatic nitrogens is 1. The van der Waals surface area contributed by atoms with Crippen molar-refractivity contribution in [3.63, 3.8) is 0 Å². The summed E-state index contributed by atoms with van der Waals surface area (Å²) < 4.78 is 12.5. The molecule has 0 bridgehead atoms. The van der Waals surface area contributed by atoms with Gasteiger partial charge in [-0.2, -0.15) is 0 Å². The number of hydrogen-bond donors (Lipinski definition) is 0. The van der Waals surface area contributed by atoms with Crippen molar-refractivity contribution >= 4 is 50.2 Å². The molecule has 32 heavy (non-hydrogen) atoms. The lowest BCUT2D eigenvalue weighted by Gasteiger charge is -2.08. The summed E-state index contributed by atoms with van der Waals surface area (Å²) in [6.45, 7) is 0.429.